The summed E-state index contributed by atoms with van der Waals surface area (Å²) in [5, 5.41) is 10.9. The maximum absolute atomic E-state index is 14.4. The van der Waals surface area contributed by atoms with Gasteiger partial charge in [-0.3, -0.25) is 19.2 Å². The summed E-state index contributed by atoms with van der Waals surface area (Å²) in [7, 11) is 0. The number of ketones is 1. The van der Waals surface area contributed by atoms with Gasteiger partial charge >= 0.3 is 18.1 Å². The van der Waals surface area contributed by atoms with Gasteiger partial charge in [0.15, 0.2) is 5.78 Å². The first-order chi connectivity index (χ1) is 22.6. The molecular weight excluding hydrogens is 669 g/mol. The maximum Gasteiger partial charge on any atom is 0.427 e. The van der Waals surface area contributed by atoms with Gasteiger partial charge in [-0.2, -0.15) is 13.2 Å². The number of likely N-dealkylation sites (tertiary alicyclic amines) is 1. The molecule has 2 heterocycles. The summed E-state index contributed by atoms with van der Waals surface area (Å²) in [6.45, 7) is 10.3. The third-order valence-electron chi connectivity index (χ3n) is 9.64. The number of ether oxygens (including phenoxy) is 3. The van der Waals surface area contributed by atoms with Crippen LogP contribution in [0.5, 0.6) is 11.6 Å². The lowest BCUT2D eigenvalue weighted by atomic mass is 9.77. The number of alkyl halides is 3. The van der Waals surface area contributed by atoms with Crippen LogP contribution >= 0.6 is 11.6 Å². The Morgan fingerprint density at radius 2 is 1.80 bits per heavy atom. The minimum Gasteiger partial charge on any atom is -0.488 e. The average Bonchev–Trinajstić information content (AvgIpc) is 3.54. The molecule has 1 amide bonds. The van der Waals surface area contributed by atoms with Gasteiger partial charge in [-0.15, -0.1) is 0 Å². The van der Waals surface area contributed by atoms with E-state index in [9.17, 15) is 37.5 Å². The summed E-state index contributed by atoms with van der Waals surface area (Å²) in [6, 6.07) is 5.60. The fourth-order valence-electron chi connectivity index (χ4n) is 6.50. The molecule has 0 radical (unpaired) electrons. The van der Waals surface area contributed by atoms with E-state index < -0.39 is 70.7 Å². The molecular formula is C35H44ClF3N2O8. The topological polar surface area (TPSA) is 132 Å². The van der Waals surface area contributed by atoms with Crippen LogP contribution in [0.1, 0.15) is 80.6 Å². The number of aliphatic carboxylic acids is 1. The van der Waals surface area contributed by atoms with E-state index in [2.05, 4.69) is 4.98 Å². The van der Waals surface area contributed by atoms with E-state index in [0.717, 1.165) is 13.8 Å². The van der Waals surface area contributed by atoms with E-state index >= 15 is 0 Å². The molecule has 10 nitrogen and oxygen atoms in total. The molecule has 1 aromatic carbocycles. The quantitative estimate of drug-likeness (QED) is 0.217. The summed E-state index contributed by atoms with van der Waals surface area (Å²) in [5.41, 5.74) is -4.55. The van der Waals surface area contributed by atoms with Gasteiger partial charge in [0.25, 0.3) is 0 Å². The van der Waals surface area contributed by atoms with Crippen molar-refractivity contribution in [1.29, 1.82) is 0 Å². The number of amides is 1. The van der Waals surface area contributed by atoms with Crippen LogP contribution in [0.3, 0.4) is 0 Å². The van der Waals surface area contributed by atoms with Gasteiger partial charge in [0.2, 0.25) is 17.4 Å². The minimum atomic E-state index is -4.84. The van der Waals surface area contributed by atoms with Crippen molar-refractivity contribution in [3.05, 3.63) is 29.3 Å². The third-order valence-corrected chi connectivity index (χ3v) is 9.94. The number of carboxylic acid groups (broad SMARTS) is 1. The van der Waals surface area contributed by atoms with E-state index in [-0.39, 0.29) is 31.2 Å². The zero-order chi connectivity index (χ0) is 36.7. The number of pyridine rings is 1. The zero-order valence-corrected chi connectivity index (χ0v) is 29.5. The summed E-state index contributed by atoms with van der Waals surface area (Å²) in [5.74, 6) is -4.21. The SMILES string of the molecule is CCOc1cc(O[C@@H]2C[C@@H](C(=O)C[C@]3(C(=O)O)C[C@H]3CC)N(C(=O)[C@@H](CC(=O)OC(C)(C)C(F)(F)F)C(C)(C)C)C2)c2cccc(Cl)c2n1. The first kappa shape index (κ1) is 38.2. The van der Waals surface area contributed by atoms with Gasteiger partial charge in [0, 0.05) is 24.3 Å². The van der Waals surface area contributed by atoms with E-state index in [0.29, 0.717) is 41.1 Å². The van der Waals surface area contributed by atoms with Gasteiger partial charge in [0.05, 0.1) is 47.5 Å². The Morgan fingerprint density at radius 1 is 1.12 bits per heavy atom. The second kappa shape index (κ2) is 14.0. The highest BCUT2D eigenvalue weighted by atomic mass is 35.5. The number of nitrogens with zero attached hydrogens (tertiary/aromatic N) is 2. The predicted molar refractivity (Wildman–Crippen MR) is 174 cm³/mol. The molecule has 5 atom stereocenters. The van der Waals surface area contributed by atoms with Crippen LogP contribution in [0.15, 0.2) is 24.3 Å². The second-order valence-corrected chi connectivity index (χ2v) is 14.9. The first-order valence-corrected chi connectivity index (χ1v) is 16.8. The highest BCUT2D eigenvalue weighted by molar-refractivity contribution is 6.35. The number of hydrogen-bond donors (Lipinski definition) is 1. The number of esters is 1. The van der Waals surface area contributed by atoms with Crippen LogP contribution in [0.2, 0.25) is 5.02 Å². The van der Waals surface area contributed by atoms with E-state index in [1.165, 1.54) is 4.90 Å². The molecule has 2 fully saturated rings. The molecule has 1 saturated heterocycles. The van der Waals surface area contributed by atoms with Crippen LogP contribution in [-0.2, 0) is 23.9 Å². The Balaban J connectivity index is 1.68. The molecule has 1 saturated carbocycles. The molecule has 1 N–H and O–H groups in total. The van der Waals surface area contributed by atoms with E-state index in [4.69, 9.17) is 25.8 Å². The van der Waals surface area contributed by atoms with Gasteiger partial charge in [-0.25, -0.2) is 4.98 Å². The van der Waals surface area contributed by atoms with Crippen molar-refractivity contribution in [2.75, 3.05) is 13.2 Å². The minimum absolute atomic E-state index is 0.00777. The van der Waals surface area contributed by atoms with Gasteiger partial charge < -0.3 is 24.2 Å². The van der Waals surface area contributed by atoms with Gasteiger partial charge in [-0.05, 0) is 50.7 Å². The van der Waals surface area contributed by atoms with Gasteiger partial charge in [0.1, 0.15) is 11.9 Å². The van der Waals surface area contributed by atoms with Crippen LogP contribution in [0, 0.1) is 22.7 Å². The Bertz CT molecular complexity index is 1610. The lowest BCUT2D eigenvalue weighted by Crippen LogP contribution is -2.49. The molecule has 49 heavy (non-hydrogen) atoms. The predicted octanol–water partition coefficient (Wildman–Crippen LogP) is 7.03. The summed E-state index contributed by atoms with van der Waals surface area (Å²) in [6.07, 6.45) is -5.67. The number of hydrogen-bond acceptors (Lipinski definition) is 8. The molecule has 0 bridgehead atoms. The molecule has 2 aromatic rings. The smallest absolute Gasteiger partial charge is 0.427 e. The standard InChI is InChI=1S/C35H44ClF3N2O8/c1-8-19-16-34(19,31(45)46)17-25(42)24-13-20(48-26-15-27(47-9-2)40-29-21(26)11-10-12-23(29)36)18-41(24)30(44)22(32(3,4)5)14-28(43)49-33(6,7)35(37,38)39/h10-12,15,19-20,22,24H,8-9,13-14,16-18H2,1-7H3,(H,45,46)/t19-,20-,22-,24+,34-/m1/s1. The Kier molecular flexibility index (Phi) is 10.9. The molecule has 4 rings (SSSR count). The van der Waals surface area contributed by atoms with E-state index in [1.54, 1.807) is 52.0 Å². The van der Waals surface area contributed by atoms with Crippen LogP contribution in [0.25, 0.3) is 10.9 Å². The number of Topliss-reactive ketones (excluding diaryl/α,β-unsaturated/α-hetero) is 1. The highest BCUT2D eigenvalue weighted by Gasteiger charge is 2.61. The number of carboxylic acids is 1. The molecule has 1 aromatic heterocycles. The average molecular weight is 713 g/mol. The molecule has 1 aliphatic heterocycles. The summed E-state index contributed by atoms with van der Waals surface area (Å²) in [4.78, 5) is 59.3. The molecule has 0 spiro atoms. The normalized spacial score (nSPS) is 23.2. The van der Waals surface area contributed by atoms with Crippen molar-refractivity contribution in [3.63, 3.8) is 0 Å². The number of para-hydroxylation sites is 1. The van der Waals surface area contributed by atoms with Gasteiger partial charge in [-0.1, -0.05) is 51.8 Å². The third kappa shape index (κ3) is 8.07. The molecule has 270 valence electrons. The first-order valence-electron chi connectivity index (χ1n) is 16.4. The molecule has 2 aliphatic rings. The molecule has 1 aliphatic carbocycles. The number of halogens is 4. The van der Waals surface area contributed by atoms with Crippen molar-refractivity contribution >= 4 is 46.1 Å². The van der Waals surface area contributed by atoms with Crippen molar-refractivity contribution < 1.29 is 51.7 Å². The van der Waals surface area contributed by atoms with Crippen LogP contribution < -0.4 is 9.47 Å². The van der Waals surface area contributed by atoms with Crippen molar-refractivity contribution in [2.45, 2.75) is 104 Å². The Hall–Kier alpha value is -3.61. The Morgan fingerprint density at radius 3 is 2.35 bits per heavy atom. The van der Waals surface area contributed by atoms with E-state index in [1.807, 2.05) is 6.92 Å². The maximum atomic E-state index is 14.4. The number of carbonyl (C=O) groups is 4. The van der Waals surface area contributed by atoms with Crippen molar-refractivity contribution in [3.8, 4) is 11.6 Å². The number of carbonyl (C=O) groups excluding carboxylic acids is 3. The number of fused-ring (bicyclic) bond motifs is 1. The summed E-state index contributed by atoms with van der Waals surface area (Å²) >= 11 is 6.43. The number of benzene rings is 1. The molecule has 14 heteroatoms. The van der Waals surface area contributed by atoms with Crippen molar-refractivity contribution in [2.24, 2.45) is 22.7 Å². The second-order valence-electron chi connectivity index (χ2n) is 14.5. The van der Waals surface area contributed by atoms with Crippen LogP contribution in [-0.4, -0.2) is 75.7 Å². The van der Waals surface area contributed by atoms with Crippen molar-refractivity contribution in [1.82, 2.24) is 9.88 Å². The van der Waals surface area contributed by atoms with Crippen LogP contribution in [0.4, 0.5) is 13.2 Å². The summed E-state index contributed by atoms with van der Waals surface area (Å²) < 4.78 is 57.4. The highest BCUT2D eigenvalue weighted by Crippen LogP contribution is 2.57. The lowest BCUT2D eigenvalue weighted by molar-refractivity contribution is -0.257. The largest absolute Gasteiger partial charge is 0.488 e. The molecule has 0 unspecified atom stereocenters. The Labute approximate surface area is 288 Å². The number of aromatic nitrogens is 1. The number of rotatable bonds is 13. The monoisotopic (exact) mass is 712 g/mol. The zero-order valence-electron chi connectivity index (χ0n) is 28.8. The lowest BCUT2D eigenvalue weighted by Gasteiger charge is -2.35. The fraction of sp³-hybridized carbons (Fsp3) is 0.629. The fourth-order valence-corrected chi connectivity index (χ4v) is 6.72.